The Morgan fingerprint density at radius 2 is 2.11 bits per heavy atom. The van der Waals surface area contributed by atoms with Crippen molar-refractivity contribution in [3.8, 4) is 0 Å². The van der Waals surface area contributed by atoms with Crippen LogP contribution in [0.1, 0.15) is 19.3 Å². The second kappa shape index (κ2) is 6.38. The molecular weight excluding hydrogens is 249 g/mol. The lowest BCUT2D eigenvalue weighted by Crippen LogP contribution is -2.44. The first-order valence-electron chi connectivity index (χ1n) is 5.99. The van der Waals surface area contributed by atoms with Crippen LogP contribution in [0.15, 0.2) is 0 Å². The minimum Gasteiger partial charge on any atom is -0.382 e. The van der Waals surface area contributed by atoms with E-state index in [1.807, 2.05) is 0 Å². The van der Waals surface area contributed by atoms with Crippen molar-refractivity contribution in [3.05, 3.63) is 0 Å². The predicted octanol–water partition coefficient (Wildman–Crippen LogP) is 0.758. The highest BCUT2D eigenvalue weighted by molar-refractivity contribution is 5.77. The van der Waals surface area contributed by atoms with Crippen LogP contribution in [0.25, 0.3) is 0 Å². The van der Waals surface area contributed by atoms with Crippen molar-refractivity contribution in [3.63, 3.8) is 0 Å². The fourth-order valence-electron chi connectivity index (χ4n) is 1.72. The van der Waals surface area contributed by atoms with Crippen LogP contribution < -0.4 is 5.32 Å². The van der Waals surface area contributed by atoms with Crippen LogP contribution in [-0.4, -0.2) is 54.9 Å². The van der Waals surface area contributed by atoms with E-state index in [9.17, 15) is 18.0 Å². The van der Waals surface area contributed by atoms with E-state index in [0.29, 0.717) is 12.5 Å². The number of aliphatic hydroxyl groups is 1. The van der Waals surface area contributed by atoms with Gasteiger partial charge in [-0.25, -0.2) is 0 Å². The lowest BCUT2D eigenvalue weighted by Gasteiger charge is -2.26. The molecule has 18 heavy (non-hydrogen) atoms. The van der Waals surface area contributed by atoms with Crippen LogP contribution >= 0.6 is 0 Å². The number of hydrogen-bond donors (Lipinski definition) is 2. The Morgan fingerprint density at radius 3 is 2.56 bits per heavy atom. The van der Waals surface area contributed by atoms with E-state index in [1.54, 1.807) is 0 Å². The van der Waals surface area contributed by atoms with Gasteiger partial charge in [-0.1, -0.05) is 6.42 Å². The van der Waals surface area contributed by atoms with Crippen molar-refractivity contribution < 1.29 is 23.1 Å². The summed E-state index contributed by atoms with van der Waals surface area (Å²) in [5, 5.41) is 11.5. The Hall–Kier alpha value is -0.820. The van der Waals surface area contributed by atoms with Crippen LogP contribution in [0.4, 0.5) is 13.2 Å². The largest absolute Gasteiger partial charge is 0.415 e. The first kappa shape index (κ1) is 15.2. The molecule has 1 saturated carbocycles. The van der Waals surface area contributed by atoms with Gasteiger partial charge in [-0.05, 0) is 25.8 Å². The molecule has 0 aromatic carbocycles. The third kappa shape index (κ3) is 5.22. The Labute approximate surface area is 104 Å². The molecule has 0 bridgehead atoms. The van der Waals surface area contributed by atoms with Gasteiger partial charge in [0.05, 0.1) is 6.54 Å². The van der Waals surface area contributed by atoms with Crippen LogP contribution in [0, 0.1) is 5.92 Å². The Morgan fingerprint density at radius 1 is 1.50 bits per heavy atom. The summed E-state index contributed by atoms with van der Waals surface area (Å²) in [6.07, 6.45) is -3.68. The number of nitrogens with one attached hydrogen (secondary N) is 1. The van der Waals surface area contributed by atoms with Crippen molar-refractivity contribution in [2.45, 2.75) is 31.5 Å². The number of carbonyl (C=O) groups is 1. The molecule has 0 heterocycles. The zero-order valence-corrected chi connectivity index (χ0v) is 10.3. The molecule has 1 amide bonds. The van der Waals surface area contributed by atoms with Gasteiger partial charge in [0.25, 0.3) is 0 Å². The van der Waals surface area contributed by atoms with Crippen LogP contribution in [-0.2, 0) is 4.79 Å². The summed E-state index contributed by atoms with van der Waals surface area (Å²) >= 11 is 0. The smallest absolute Gasteiger partial charge is 0.382 e. The number of carbonyl (C=O) groups excluding carboxylic acids is 1. The van der Waals surface area contributed by atoms with E-state index in [2.05, 4.69) is 5.32 Å². The van der Waals surface area contributed by atoms with Crippen molar-refractivity contribution in [1.29, 1.82) is 0 Å². The zero-order valence-electron chi connectivity index (χ0n) is 10.3. The van der Waals surface area contributed by atoms with Gasteiger partial charge >= 0.3 is 6.18 Å². The van der Waals surface area contributed by atoms with Crippen molar-refractivity contribution in [2.24, 2.45) is 5.92 Å². The lowest BCUT2D eigenvalue weighted by atomic mass is 9.85. The first-order valence-corrected chi connectivity index (χ1v) is 5.99. The highest BCUT2D eigenvalue weighted by Crippen LogP contribution is 2.25. The van der Waals surface area contributed by atoms with E-state index in [4.69, 9.17) is 5.11 Å². The minimum atomic E-state index is -4.64. The monoisotopic (exact) mass is 268 g/mol. The number of alkyl halides is 3. The van der Waals surface area contributed by atoms with Gasteiger partial charge in [0.2, 0.25) is 5.91 Å². The van der Waals surface area contributed by atoms with E-state index in [0.717, 1.165) is 17.7 Å². The molecule has 1 aliphatic carbocycles. The van der Waals surface area contributed by atoms with Crippen LogP contribution in [0.2, 0.25) is 0 Å². The van der Waals surface area contributed by atoms with Gasteiger partial charge in [0.15, 0.2) is 6.10 Å². The molecule has 1 unspecified atom stereocenters. The Bertz CT molecular complexity index is 280. The number of halogens is 3. The third-order valence-electron chi connectivity index (χ3n) is 3.09. The summed E-state index contributed by atoms with van der Waals surface area (Å²) in [7, 11) is 1.37. The fourth-order valence-corrected chi connectivity index (χ4v) is 1.72. The van der Waals surface area contributed by atoms with Crippen molar-refractivity contribution in [1.82, 2.24) is 10.2 Å². The second-order valence-electron chi connectivity index (χ2n) is 4.86. The molecular formula is C11H19F3N2O2. The number of hydrogen-bond acceptors (Lipinski definition) is 3. The van der Waals surface area contributed by atoms with E-state index >= 15 is 0 Å². The topological polar surface area (TPSA) is 52.6 Å². The molecule has 7 heteroatoms. The SMILES string of the molecule is CN(CC(=O)NCC1CCC1)CC(O)C(F)(F)F. The molecule has 106 valence electrons. The standard InChI is InChI=1S/C11H19F3N2O2/c1-16(6-9(17)11(12,13)14)7-10(18)15-5-8-3-2-4-8/h8-9,17H,2-7H2,1H3,(H,15,18). The summed E-state index contributed by atoms with van der Waals surface area (Å²) in [5.74, 6) is 0.207. The molecule has 0 saturated heterocycles. The summed E-state index contributed by atoms with van der Waals surface area (Å²) in [4.78, 5) is 12.6. The number of nitrogens with zero attached hydrogens (tertiary/aromatic N) is 1. The molecule has 0 spiro atoms. The normalized spacial score (nSPS) is 18.6. The number of rotatable bonds is 6. The molecule has 0 aliphatic heterocycles. The van der Waals surface area contributed by atoms with E-state index < -0.39 is 18.8 Å². The van der Waals surface area contributed by atoms with Crippen molar-refractivity contribution >= 4 is 5.91 Å². The maximum absolute atomic E-state index is 12.1. The molecule has 4 nitrogen and oxygen atoms in total. The Kier molecular flexibility index (Phi) is 5.40. The molecule has 1 atom stereocenters. The average Bonchev–Trinajstić information content (AvgIpc) is 2.12. The summed E-state index contributed by atoms with van der Waals surface area (Å²) in [6.45, 7) is -0.144. The zero-order chi connectivity index (χ0) is 13.8. The maximum atomic E-state index is 12.1. The van der Waals surface area contributed by atoms with Gasteiger partial charge in [-0.15, -0.1) is 0 Å². The minimum absolute atomic E-state index is 0.139. The van der Waals surface area contributed by atoms with Gasteiger partial charge in [0.1, 0.15) is 0 Å². The van der Waals surface area contributed by atoms with Gasteiger partial charge < -0.3 is 10.4 Å². The number of aliphatic hydroxyl groups excluding tert-OH is 1. The second-order valence-corrected chi connectivity index (χ2v) is 4.86. The number of amides is 1. The third-order valence-corrected chi connectivity index (χ3v) is 3.09. The highest BCUT2D eigenvalue weighted by atomic mass is 19.4. The molecule has 1 rings (SSSR count). The van der Waals surface area contributed by atoms with E-state index in [-0.39, 0.29) is 12.5 Å². The Balaban J connectivity index is 2.17. The predicted molar refractivity (Wildman–Crippen MR) is 59.9 cm³/mol. The average molecular weight is 268 g/mol. The summed E-state index contributed by atoms with van der Waals surface area (Å²) in [6, 6.07) is 0. The van der Waals surface area contributed by atoms with Crippen LogP contribution in [0.3, 0.4) is 0 Å². The lowest BCUT2D eigenvalue weighted by molar-refractivity contribution is -0.207. The van der Waals surface area contributed by atoms with Crippen LogP contribution in [0.5, 0.6) is 0 Å². The quantitative estimate of drug-likeness (QED) is 0.747. The first-order chi connectivity index (χ1) is 8.29. The van der Waals surface area contributed by atoms with Gasteiger partial charge in [-0.2, -0.15) is 13.2 Å². The molecule has 1 fully saturated rings. The van der Waals surface area contributed by atoms with Crippen molar-refractivity contribution in [2.75, 3.05) is 26.7 Å². The highest BCUT2D eigenvalue weighted by Gasteiger charge is 2.38. The maximum Gasteiger partial charge on any atom is 0.415 e. The summed E-state index contributed by atoms with van der Waals surface area (Å²) in [5.41, 5.74) is 0. The molecule has 1 aliphatic rings. The molecule has 0 radical (unpaired) electrons. The summed E-state index contributed by atoms with van der Waals surface area (Å²) < 4.78 is 36.2. The van der Waals surface area contributed by atoms with Gasteiger partial charge in [0, 0.05) is 13.1 Å². The molecule has 0 aromatic rings. The fraction of sp³-hybridized carbons (Fsp3) is 0.909. The molecule has 0 aromatic heterocycles. The van der Waals surface area contributed by atoms with Gasteiger partial charge in [-0.3, -0.25) is 9.69 Å². The molecule has 2 N–H and O–H groups in total. The number of likely N-dealkylation sites (N-methyl/N-ethyl adjacent to an activating group) is 1. The van der Waals surface area contributed by atoms with E-state index in [1.165, 1.54) is 13.5 Å².